The topological polar surface area (TPSA) is 80.3 Å². The van der Waals surface area contributed by atoms with Crippen LogP contribution in [0.5, 0.6) is 0 Å². The highest BCUT2D eigenvalue weighted by Crippen LogP contribution is 2.29. The smallest absolute Gasteiger partial charge is 0.338 e. The Morgan fingerprint density at radius 3 is 2.88 bits per heavy atom. The molecule has 1 aromatic heterocycles. The van der Waals surface area contributed by atoms with Gasteiger partial charge in [-0.3, -0.25) is 0 Å². The molecule has 0 bridgehead atoms. The normalized spacial score (nSPS) is 17.5. The van der Waals surface area contributed by atoms with Crippen LogP contribution in [0.15, 0.2) is 41.6 Å². The van der Waals surface area contributed by atoms with Gasteiger partial charge in [0.05, 0.1) is 23.7 Å². The van der Waals surface area contributed by atoms with Crippen LogP contribution in [0.3, 0.4) is 0 Å². The molecule has 0 saturated carbocycles. The predicted octanol–water partition coefficient (Wildman–Crippen LogP) is 3.08. The maximum absolute atomic E-state index is 12.3. The van der Waals surface area contributed by atoms with Crippen LogP contribution in [-0.4, -0.2) is 23.6 Å². The van der Waals surface area contributed by atoms with Gasteiger partial charge in [-0.15, -0.1) is 0 Å². The van der Waals surface area contributed by atoms with Crippen molar-refractivity contribution in [3.05, 3.63) is 52.3 Å². The van der Waals surface area contributed by atoms with E-state index in [2.05, 4.69) is 15.6 Å². The molecular weight excluding hydrogens is 330 g/mol. The largest absolute Gasteiger partial charge is 0.463 e. The van der Waals surface area contributed by atoms with Crippen molar-refractivity contribution < 1.29 is 14.3 Å². The van der Waals surface area contributed by atoms with E-state index in [0.29, 0.717) is 16.4 Å². The van der Waals surface area contributed by atoms with E-state index < -0.39 is 12.0 Å². The third-order valence-electron chi connectivity index (χ3n) is 3.78. The van der Waals surface area contributed by atoms with Crippen molar-refractivity contribution in [3.63, 3.8) is 0 Å². The number of aromatic nitrogens is 1. The Morgan fingerprint density at radius 2 is 2.12 bits per heavy atom. The molecule has 2 amide bonds. The molecule has 0 aliphatic carbocycles. The first kappa shape index (κ1) is 16.3. The van der Waals surface area contributed by atoms with Crippen LogP contribution in [-0.2, 0) is 9.53 Å². The van der Waals surface area contributed by atoms with Crippen molar-refractivity contribution in [2.24, 2.45) is 0 Å². The van der Waals surface area contributed by atoms with Gasteiger partial charge in [-0.1, -0.05) is 17.7 Å². The summed E-state index contributed by atoms with van der Waals surface area (Å²) in [5.41, 5.74) is 2.38. The molecule has 0 fully saturated rings. The molecule has 0 spiro atoms. The number of ether oxygens (including phenoxy) is 1. The van der Waals surface area contributed by atoms with Gasteiger partial charge < -0.3 is 15.4 Å². The maximum atomic E-state index is 12.3. The monoisotopic (exact) mass is 345 g/mol. The standard InChI is InChI=1S/C17H16ClN3O3/c1-3-24-16(22)14-9(2)19-17(23)21-15(14)11-4-6-12-10(8-11)5-7-13(18)20-12/h4-8,15H,3H2,1-2H3,(H2,19,21,23). The lowest BCUT2D eigenvalue weighted by Gasteiger charge is -2.28. The molecule has 1 unspecified atom stereocenters. The van der Waals surface area contributed by atoms with Crippen LogP contribution in [0.25, 0.3) is 10.9 Å². The lowest BCUT2D eigenvalue weighted by Crippen LogP contribution is -2.45. The van der Waals surface area contributed by atoms with Gasteiger partial charge >= 0.3 is 12.0 Å². The van der Waals surface area contributed by atoms with Gasteiger partial charge in [0.2, 0.25) is 0 Å². The van der Waals surface area contributed by atoms with Crippen LogP contribution >= 0.6 is 11.6 Å². The summed E-state index contributed by atoms with van der Waals surface area (Å²) in [5.74, 6) is -0.457. The van der Waals surface area contributed by atoms with Gasteiger partial charge in [-0.25, -0.2) is 14.6 Å². The first-order valence-corrected chi connectivity index (χ1v) is 7.89. The minimum Gasteiger partial charge on any atom is -0.463 e. The summed E-state index contributed by atoms with van der Waals surface area (Å²) in [5, 5.41) is 6.66. The molecule has 24 heavy (non-hydrogen) atoms. The SMILES string of the molecule is CCOC(=O)C1=C(C)NC(=O)NC1c1ccc2nc(Cl)ccc2c1. The van der Waals surface area contributed by atoms with Gasteiger partial charge in [0.25, 0.3) is 0 Å². The van der Waals surface area contributed by atoms with Crippen LogP contribution < -0.4 is 10.6 Å². The molecular formula is C17H16ClN3O3. The Morgan fingerprint density at radius 1 is 1.33 bits per heavy atom. The fourth-order valence-corrected chi connectivity index (χ4v) is 2.88. The van der Waals surface area contributed by atoms with Crippen LogP contribution in [0.2, 0.25) is 5.15 Å². The van der Waals surface area contributed by atoms with Crippen LogP contribution in [0.1, 0.15) is 25.5 Å². The first-order chi connectivity index (χ1) is 11.5. The zero-order valence-electron chi connectivity index (χ0n) is 13.2. The van der Waals surface area contributed by atoms with Crippen molar-refractivity contribution in [3.8, 4) is 0 Å². The molecule has 1 aromatic carbocycles. The highest BCUT2D eigenvalue weighted by molar-refractivity contribution is 6.29. The van der Waals surface area contributed by atoms with E-state index in [9.17, 15) is 9.59 Å². The van der Waals surface area contributed by atoms with E-state index in [1.165, 1.54) is 0 Å². The summed E-state index contributed by atoms with van der Waals surface area (Å²) in [6, 6.07) is 8.09. The summed E-state index contributed by atoms with van der Waals surface area (Å²) < 4.78 is 5.12. The average Bonchev–Trinajstić information content (AvgIpc) is 2.53. The zero-order chi connectivity index (χ0) is 17.3. The fourth-order valence-electron chi connectivity index (χ4n) is 2.72. The number of amides is 2. The molecule has 3 rings (SSSR count). The van der Waals surface area contributed by atoms with Crippen molar-refractivity contribution in [1.29, 1.82) is 0 Å². The molecule has 124 valence electrons. The van der Waals surface area contributed by atoms with E-state index in [4.69, 9.17) is 16.3 Å². The second-order valence-corrected chi connectivity index (χ2v) is 5.76. The molecule has 6 nitrogen and oxygen atoms in total. The number of esters is 1. The van der Waals surface area contributed by atoms with E-state index in [1.807, 2.05) is 24.3 Å². The third-order valence-corrected chi connectivity index (χ3v) is 3.99. The number of halogens is 1. The number of nitrogens with one attached hydrogen (secondary N) is 2. The van der Waals surface area contributed by atoms with Gasteiger partial charge in [0, 0.05) is 11.1 Å². The minimum atomic E-state index is -0.585. The van der Waals surface area contributed by atoms with Gasteiger partial charge in [0.1, 0.15) is 5.15 Å². The number of hydrogen-bond acceptors (Lipinski definition) is 4. The summed E-state index contributed by atoms with van der Waals surface area (Å²) in [6.45, 7) is 3.68. The van der Waals surface area contributed by atoms with Crippen LogP contribution in [0, 0.1) is 0 Å². The number of nitrogens with zero attached hydrogens (tertiary/aromatic N) is 1. The van der Waals surface area contributed by atoms with E-state index in [1.54, 1.807) is 19.9 Å². The Bertz CT molecular complexity index is 863. The minimum absolute atomic E-state index is 0.260. The number of fused-ring (bicyclic) bond motifs is 1. The summed E-state index contributed by atoms with van der Waals surface area (Å²) in [4.78, 5) is 28.4. The molecule has 2 aromatic rings. The van der Waals surface area contributed by atoms with Crippen molar-refractivity contribution >= 4 is 34.5 Å². The van der Waals surface area contributed by atoms with Crippen molar-refractivity contribution in [2.45, 2.75) is 19.9 Å². The number of urea groups is 1. The molecule has 1 atom stereocenters. The Hall–Kier alpha value is -2.60. The average molecular weight is 346 g/mol. The highest BCUT2D eigenvalue weighted by Gasteiger charge is 2.32. The fraction of sp³-hybridized carbons (Fsp3) is 0.235. The van der Waals surface area contributed by atoms with E-state index in [-0.39, 0.29) is 12.6 Å². The molecule has 0 saturated heterocycles. The quantitative estimate of drug-likeness (QED) is 0.661. The molecule has 0 radical (unpaired) electrons. The van der Waals surface area contributed by atoms with Gasteiger partial charge in [-0.2, -0.15) is 0 Å². The zero-order valence-corrected chi connectivity index (χ0v) is 14.0. The highest BCUT2D eigenvalue weighted by atomic mass is 35.5. The third kappa shape index (κ3) is 3.05. The lowest BCUT2D eigenvalue weighted by atomic mass is 9.94. The summed E-state index contributed by atoms with van der Waals surface area (Å²) >= 11 is 5.90. The van der Waals surface area contributed by atoms with E-state index in [0.717, 1.165) is 16.5 Å². The summed E-state index contributed by atoms with van der Waals surface area (Å²) in [6.07, 6.45) is 0. The molecule has 7 heteroatoms. The number of carbonyl (C=O) groups is 2. The maximum Gasteiger partial charge on any atom is 0.338 e. The van der Waals surface area contributed by atoms with Gasteiger partial charge in [0.15, 0.2) is 0 Å². The molecule has 1 aliphatic heterocycles. The number of rotatable bonds is 3. The van der Waals surface area contributed by atoms with Crippen molar-refractivity contribution in [1.82, 2.24) is 15.6 Å². The molecule has 2 N–H and O–H groups in total. The second-order valence-electron chi connectivity index (χ2n) is 5.38. The number of allylic oxidation sites excluding steroid dienone is 1. The number of pyridine rings is 1. The van der Waals surface area contributed by atoms with Crippen molar-refractivity contribution in [2.75, 3.05) is 6.61 Å². The predicted molar refractivity (Wildman–Crippen MR) is 90.5 cm³/mol. The van der Waals surface area contributed by atoms with E-state index >= 15 is 0 Å². The Kier molecular flexibility index (Phi) is 4.40. The van der Waals surface area contributed by atoms with Crippen LogP contribution in [0.4, 0.5) is 4.79 Å². The summed E-state index contributed by atoms with van der Waals surface area (Å²) in [7, 11) is 0. The Balaban J connectivity index is 2.07. The lowest BCUT2D eigenvalue weighted by molar-refractivity contribution is -0.139. The Labute approximate surface area is 143 Å². The number of benzene rings is 1. The van der Waals surface area contributed by atoms with Gasteiger partial charge in [-0.05, 0) is 43.7 Å². The second kappa shape index (κ2) is 6.49. The molecule has 1 aliphatic rings. The number of carbonyl (C=O) groups excluding carboxylic acids is 2. The molecule has 2 heterocycles. The number of hydrogen-bond donors (Lipinski definition) is 2. The first-order valence-electron chi connectivity index (χ1n) is 7.51.